The van der Waals surface area contributed by atoms with Crippen LogP contribution in [0.2, 0.25) is 0 Å². The Bertz CT molecular complexity index is 709. The molecule has 0 N–H and O–H groups in total. The van der Waals surface area contributed by atoms with E-state index in [0.717, 1.165) is 12.1 Å². The minimum absolute atomic E-state index is 0.0131. The van der Waals surface area contributed by atoms with E-state index in [2.05, 4.69) is 35.9 Å². The van der Waals surface area contributed by atoms with Gasteiger partial charge in [-0.25, -0.2) is 15.0 Å². The zero-order valence-electron chi connectivity index (χ0n) is 10.2. The quantitative estimate of drug-likeness (QED) is 0.711. The first-order valence-electron chi connectivity index (χ1n) is 5.70. The third-order valence-corrected chi connectivity index (χ3v) is 3.05. The lowest BCUT2D eigenvalue weighted by Gasteiger charge is -2.15. The number of fused-ring (bicyclic) bond motifs is 1. The normalized spacial score (nSPS) is 20.6. The molecule has 0 amide bonds. The van der Waals surface area contributed by atoms with Crippen LogP contribution in [0.25, 0.3) is 0 Å². The predicted octanol–water partition coefficient (Wildman–Crippen LogP) is 3.06. The van der Waals surface area contributed by atoms with Crippen LogP contribution in [0.1, 0.15) is 5.56 Å². The standard InChI is InChI=1S/C12H6BrF3N4O/c13-11-19-9-8(17-5-18-9)10(20-11)21-7-3-1-2-6(4-7)12(14,15)16/h1-5,9H. The maximum Gasteiger partial charge on any atom is 0.416 e. The number of nitrogens with zero attached hydrogens (tertiary/aromatic N) is 4. The summed E-state index contributed by atoms with van der Waals surface area (Å²) in [6.07, 6.45) is -3.70. The van der Waals surface area contributed by atoms with E-state index in [4.69, 9.17) is 4.74 Å². The van der Waals surface area contributed by atoms with Crippen LogP contribution >= 0.6 is 15.9 Å². The summed E-state index contributed by atoms with van der Waals surface area (Å²) in [6.45, 7) is 0. The van der Waals surface area contributed by atoms with Crippen LogP contribution in [-0.2, 0) is 6.18 Å². The van der Waals surface area contributed by atoms with Gasteiger partial charge in [0, 0.05) is 0 Å². The van der Waals surface area contributed by atoms with Crippen LogP contribution in [0.4, 0.5) is 13.2 Å². The topological polar surface area (TPSA) is 58.7 Å². The predicted molar refractivity (Wildman–Crippen MR) is 75.6 cm³/mol. The van der Waals surface area contributed by atoms with Crippen LogP contribution in [-0.4, -0.2) is 28.9 Å². The van der Waals surface area contributed by atoms with E-state index in [1.54, 1.807) is 0 Å². The van der Waals surface area contributed by atoms with Crippen LogP contribution in [0, 0.1) is 0 Å². The molecule has 0 spiro atoms. The smallest absolute Gasteiger partial charge is 0.416 e. The lowest BCUT2D eigenvalue weighted by molar-refractivity contribution is -0.137. The number of amidine groups is 1. The molecule has 2 heterocycles. The molecule has 1 aromatic carbocycles. The Labute approximate surface area is 125 Å². The first kappa shape index (κ1) is 13.9. The van der Waals surface area contributed by atoms with Gasteiger partial charge in [-0.05, 0) is 34.1 Å². The zero-order valence-corrected chi connectivity index (χ0v) is 11.8. The second-order valence-corrected chi connectivity index (χ2v) is 4.80. The number of ether oxygens (including phenoxy) is 1. The Balaban J connectivity index is 1.89. The van der Waals surface area contributed by atoms with Gasteiger partial charge in [-0.2, -0.15) is 18.2 Å². The van der Waals surface area contributed by atoms with E-state index in [1.165, 1.54) is 18.5 Å². The summed E-state index contributed by atoms with van der Waals surface area (Å²) in [5.74, 6) is 0.0813. The van der Waals surface area contributed by atoms with E-state index in [0.29, 0.717) is 5.71 Å². The molecular formula is C12H6BrF3N4O. The molecule has 1 unspecified atom stereocenters. The molecule has 21 heavy (non-hydrogen) atoms. The van der Waals surface area contributed by atoms with Gasteiger partial charge in [0.15, 0.2) is 16.6 Å². The highest BCUT2D eigenvalue weighted by molar-refractivity contribution is 9.18. The molecule has 108 valence electrons. The molecule has 0 aliphatic carbocycles. The molecular weight excluding hydrogens is 353 g/mol. The fourth-order valence-electron chi connectivity index (χ4n) is 1.75. The van der Waals surface area contributed by atoms with Crippen molar-refractivity contribution in [2.75, 3.05) is 0 Å². The summed E-state index contributed by atoms with van der Waals surface area (Å²) in [7, 11) is 0. The van der Waals surface area contributed by atoms with E-state index in [1.807, 2.05) is 0 Å². The van der Waals surface area contributed by atoms with Gasteiger partial charge >= 0.3 is 6.18 Å². The highest BCUT2D eigenvalue weighted by Gasteiger charge is 2.32. The molecule has 0 saturated carbocycles. The van der Waals surface area contributed by atoms with Gasteiger partial charge in [0.05, 0.1) is 5.56 Å². The van der Waals surface area contributed by atoms with Gasteiger partial charge in [-0.15, -0.1) is 0 Å². The second-order valence-electron chi connectivity index (χ2n) is 4.10. The molecule has 0 fully saturated rings. The van der Waals surface area contributed by atoms with Gasteiger partial charge in [0.2, 0.25) is 5.90 Å². The fraction of sp³-hybridized carbons (Fsp3) is 0.167. The van der Waals surface area contributed by atoms with E-state index in [-0.39, 0.29) is 16.4 Å². The molecule has 1 aromatic rings. The van der Waals surface area contributed by atoms with E-state index < -0.39 is 17.9 Å². The van der Waals surface area contributed by atoms with Crippen molar-refractivity contribution in [3.05, 3.63) is 29.8 Å². The van der Waals surface area contributed by atoms with Gasteiger partial charge in [0.1, 0.15) is 12.1 Å². The van der Waals surface area contributed by atoms with Gasteiger partial charge in [0.25, 0.3) is 0 Å². The lowest BCUT2D eigenvalue weighted by Crippen LogP contribution is -2.32. The number of alkyl halides is 3. The summed E-state index contributed by atoms with van der Waals surface area (Å²) in [5, 5.41) is 0. The molecule has 2 aliphatic rings. The van der Waals surface area contributed by atoms with E-state index in [9.17, 15) is 13.2 Å². The first-order chi connectivity index (χ1) is 9.93. The zero-order chi connectivity index (χ0) is 15.0. The molecule has 0 bridgehead atoms. The molecule has 0 aromatic heterocycles. The van der Waals surface area contributed by atoms with Crippen LogP contribution < -0.4 is 4.74 Å². The molecule has 9 heteroatoms. The van der Waals surface area contributed by atoms with Crippen molar-refractivity contribution in [1.82, 2.24) is 0 Å². The first-order valence-corrected chi connectivity index (χ1v) is 6.49. The summed E-state index contributed by atoms with van der Waals surface area (Å²) in [5.41, 5.74) is -0.444. The Morgan fingerprint density at radius 1 is 1.24 bits per heavy atom. The van der Waals surface area contributed by atoms with Crippen molar-refractivity contribution < 1.29 is 17.9 Å². The SMILES string of the molecule is FC(F)(F)c1cccc(OC2=NC(Br)=NC3N=CN=C23)c1. The summed E-state index contributed by atoms with van der Waals surface area (Å²) in [6, 6.07) is 4.53. The Kier molecular flexibility index (Phi) is 3.36. The van der Waals surface area contributed by atoms with Crippen molar-refractivity contribution in [1.29, 1.82) is 0 Å². The van der Waals surface area contributed by atoms with Gasteiger partial charge in [-0.1, -0.05) is 6.07 Å². The van der Waals surface area contributed by atoms with Crippen LogP contribution in [0.3, 0.4) is 0 Å². The number of rotatable bonds is 1. The highest BCUT2D eigenvalue weighted by atomic mass is 79.9. The Hall–Kier alpha value is -2.03. The third kappa shape index (κ3) is 2.87. The fourth-order valence-corrected chi connectivity index (χ4v) is 2.10. The molecule has 0 saturated heterocycles. The van der Waals surface area contributed by atoms with Crippen molar-refractivity contribution in [2.45, 2.75) is 12.3 Å². The molecule has 5 nitrogen and oxygen atoms in total. The van der Waals surface area contributed by atoms with E-state index >= 15 is 0 Å². The van der Waals surface area contributed by atoms with Crippen molar-refractivity contribution in [3.8, 4) is 5.75 Å². The average Bonchev–Trinajstić information content (AvgIpc) is 2.86. The summed E-state index contributed by atoms with van der Waals surface area (Å²) < 4.78 is 43.6. The number of aliphatic imine (C=N–C) groups is 4. The van der Waals surface area contributed by atoms with Crippen molar-refractivity contribution in [3.63, 3.8) is 0 Å². The molecule has 2 aliphatic heterocycles. The molecule has 3 rings (SSSR count). The molecule has 0 radical (unpaired) electrons. The van der Waals surface area contributed by atoms with Crippen molar-refractivity contribution in [2.24, 2.45) is 20.0 Å². The number of hydrogen-bond acceptors (Lipinski definition) is 5. The molecule has 1 atom stereocenters. The number of hydrogen-bond donors (Lipinski definition) is 0. The summed E-state index contributed by atoms with van der Waals surface area (Å²) >= 11 is 3.10. The monoisotopic (exact) mass is 358 g/mol. The van der Waals surface area contributed by atoms with Gasteiger partial charge in [-0.3, -0.25) is 0 Å². The van der Waals surface area contributed by atoms with Crippen LogP contribution in [0.5, 0.6) is 5.75 Å². The van der Waals surface area contributed by atoms with Gasteiger partial charge < -0.3 is 4.74 Å². The number of benzene rings is 1. The highest BCUT2D eigenvalue weighted by Crippen LogP contribution is 2.31. The Morgan fingerprint density at radius 3 is 2.81 bits per heavy atom. The lowest BCUT2D eigenvalue weighted by atomic mass is 10.2. The summed E-state index contributed by atoms with van der Waals surface area (Å²) in [4.78, 5) is 16.0. The third-order valence-electron chi connectivity index (χ3n) is 2.67. The Morgan fingerprint density at radius 2 is 2.05 bits per heavy atom. The minimum atomic E-state index is -4.44. The number of halogens is 4. The van der Waals surface area contributed by atoms with Crippen molar-refractivity contribution >= 4 is 38.6 Å². The maximum atomic E-state index is 12.7. The second kappa shape index (κ2) is 5.06. The van der Waals surface area contributed by atoms with Crippen LogP contribution in [0.15, 0.2) is 44.2 Å². The average molecular weight is 359 g/mol. The minimum Gasteiger partial charge on any atom is -0.437 e. The largest absolute Gasteiger partial charge is 0.437 e. The maximum absolute atomic E-state index is 12.7.